The molecule has 1 aromatic rings. The first-order valence-corrected chi connectivity index (χ1v) is 8.80. The van der Waals surface area contributed by atoms with E-state index in [2.05, 4.69) is 9.82 Å². The van der Waals surface area contributed by atoms with Gasteiger partial charge in [-0.15, -0.1) is 0 Å². The molecule has 0 aliphatic heterocycles. The quantitative estimate of drug-likeness (QED) is 0.792. The van der Waals surface area contributed by atoms with Gasteiger partial charge in [-0.2, -0.15) is 16.9 Å². The van der Waals surface area contributed by atoms with Crippen molar-refractivity contribution in [3.05, 3.63) is 6.20 Å². The van der Waals surface area contributed by atoms with Crippen LogP contribution in [0.2, 0.25) is 0 Å². The van der Waals surface area contributed by atoms with E-state index in [1.54, 1.807) is 16.4 Å². The van der Waals surface area contributed by atoms with Crippen molar-refractivity contribution in [2.45, 2.75) is 43.4 Å². The molecule has 0 saturated heterocycles. The van der Waals surface area contributed by atoms with Crippen LogP contribution in [0.4, 0.5) is 5.82 Å². The summed E-state index contributed by atoms with van der Waals surface area (Å²) in [5.74, 6) is 0.0444. The van der Waals surface area contributed by atoms with Crippen LogP contribution in [0.1, 0.15) is 27.2 Å². The van der Waals surface area contributed by atoms with Crippen molar-refractivity contribution in [1.82, 2.24) is 14.5 Å². The van der Waals surface area contributed by atoms with E-state index >= 15 is 0 Å². The highest BCUT2D eigenvalue weighted by Crippen LogP contribution is 2.22. The van der Waals surface area contributed by atoms with Crippen LogP contribution in [0.25, 0.3) is 0 Å². The summed E-state index contributed by atoms with van der Waals surface area (Å²) in [4.78, 5) is 0.0536. The Morgan fingerprint density at radius 2 is 2.16 bits per heavy atom. The van der Waals surface area contributed by atoms with Gasteiger partial charge in [0.15, 0.2) is 5.82 Å². The smallest absolute Gasteiger partial charge is 0.245 e. The van der Waals surface area contributed by atoms with Gasteiger partial charge >= 0.3 is 0 Å². The summed E-state index contributed by atoms with van der Waals surface area (Å²) in [5.41, 5.74) is 5.67. The van der Waals surface area contributed by atoms with Gasteiger partial charge < -0.3 is 5.73 Å². The van der Waals surface area contributed by atoms with Crippen molar-refractivity contribution in [3.63, 3.8) is 0 Å². The van der Waals surface area contributed by atoms with Gasteiger partial charge in [0.05, 0.1) is 0 Å². The molecule has 3 N–H and O–H groups in total. The summed E-state index contributed by atoms with van der Waals surface area (Å²) in [6, 6.07) is 0. The van der Waals surface area contributed by atoms with E-state index in [1.807, 2.05) is 27.0 Å². The Kier molecular flexibility index (Phi) is 5.28. The first-order chi connectivity index (χ1) is 8.72. The maximum absolute atomic E-state index is 12.2. The lowest BCUT2D eigenvalue weighted by molar-refractivity contribution is 0.569. The number of hydrogen-bond donors (Lipinski definition) is 2. The largest absolute Gasteiger partial charge is 0.381 e. The Labute approximate surface area is 119 Å². The molecule has 0 aromatic carbocycles. The first-order valence-electron chi connectivity index (χ1n) is 6.09. The molecule has 1 heterocycles. The van der Waals surface area contributed by atoms with Gasteiger partial charge in [-0.1, -0.05) is 6.92 Å². The number of nitrogens with one attached hydrogen (secondary N) is 1. The molecule has 0 radical (unpaired) electrons. The average molecular weight is 306 g/mol. The number of anilines is 1. The van der Waals surface area contributed by atoms with Crippen molar-refractivity contribution in [1.29, 1.82) is 0 Å². The van der Waals surface area contributed by atoms with Crippen LogP contribution in [0, 0.1) is 0 Å². The zero-order valence-electron chi connectivity index (χ0n) is 11.8. The van der Waals surface area contributed by atoms with Crippen molar-refractivity contribution in [2.75, 3.05) is 18.5 Å². The van der Waals surface area contributed by atoms with Crippen molar-refractivity contribution < 1.29 is 8.42 Å². The molecule has 110 valence electrons. The zero-order valence-corrected chi connectivity index (χ0v) is 13.4. The third kappa shape index (κ3) is 4.39. The number of nitrogens with zero attached hydrogens (tertiary/aromatic N) is 2. The summed E-state index contributed by atoms with van der Waals surface area (Å²) in [6.45, 7) is 6.93. The summed E-state index contributed by atoms with van der Waals surface area (Å²) in [6.07, 6.45) is 4.29. The molecule has 0 amide bonds. The summed E-state index contributed by atoms with van der Waals surface area (Å²) in [5, 5.41) is 4.00. The predicted octanol–water partition coefficient (Wildman–Crippen LogP) is 1.30. The monoisotopic (exact) mass is 306 g/mol. The number of thioether (sulfide) groups is 1. The summed E-state index contributed by atoms with van der Waals surface area (Å²) >= 11 is 1.60. The molecule has 0 fully saturated rings. The molecule has 0 unspecified atom stereocenters. The summed E-state index contributed by atoms with van der Waals surface area (Å²) < 4.78 is 28.3. The standard InChI is InChI=1S/C11H22N4O2S2/c1-5-6-15-7-9(10(12)14-15)19(16,17)13-8-11(2,3)18-4/h7,13H,5-6,8H2,1-4H3,(H2,12,14). The Morgan fingerprint density at radius 3 is 2.68 bits per heavy atom. The highest BCUT2D eigenvalue weighted by molar-refractivity contribution is 8.00. The minimum atomic E-state index is -3.60. The Bertz CT molecular complexity index is 523. The van der Waals surface area contributed by atoms with E-state index in [9.17, 15) is 8.42 Å². The number of rotatable bonds is 7. The number of nitrogen functional groups attached to an aromatic ring is 1. The van der Waals surface area contributed by atoms with Crippen molar-refractivity contribution in [3.8, 4) is 0 Å². The SMILES string of the molecule is CCCn1cc(S(=O)(=O)NCC(C)(C)SC)c(N)n1. The highest BCUT2D eigenvalue weighted by Gasteiger charge is 2.24. The third-order valence-electron chi connectivity index (χ3n) is 2.74. The molecule has 0 saturated carbocycles. The normalized spacial score (nSPS) is 12.8. The number of aromatic nitrogens is 2. The lowest BCUT2D eigenvalue weighted by Gasteiger charge is -2.21. The van der Waals surface area contributed by atoms with E-state index in [-0.39, 0.29) is 15.5 Å². The number of aryl methyl sites for hydroxylation is 1. The lowest BCUT2D eigenvalue weighted by atomic mass is 10.2. The number of hydrogen-bond acceptors (Lipinski definition) is 5. The van der Waals surface area contributed by atoms with E-state index in [0.717, 1.165) is 6.42 Å². The second kappa shape index (κ2) is 6.15. The Morgan fingerprint density at radius 1 is 1.53 bits per heavy atom. The predicted molar refractivity (Wildman–Crippen MR) is 79.7 cm³/mol. The van der Waals surface area contributed by atoms with Gasteiger partial charge in [-0.05, 0) is 26.5 Å². The highest BCUT2D eigenvalue weighted by atomic mass is 32.2. The van der Waals surface area contributed by atoms with Crippen molar-refractivity contribution >= 4 is 27.6 Å². The fraction of sp³-hybridized carbons (Fsp3) is 0.727. The fourth-order valence-corrected chi connectivity index (χ4v) is 2.98. The fourth-order valence-electron chi connectivity index (χ4n) is 1.39. The van der Waals surface area contributed by atoms with Crippen molar-refractivity contribution in [2.24, 2.45) is 0 Å². The molecule has 6 nitrogen and oxygen atoms in total. The van der Waals surface area contributed by atoms with Gasteiger partial charge in [0, 0.05) is 24.0 Å². The molecular weight excluding hydrogens is 284 g/mol. The molecule has 8 heteroatoms. The Balaban J connectivity index is 2.88. The van der Waals surface area contributed by atoms with Crippen LogP contribution in [0.3, 0.4) is 0 Å². The number of nitrogens with two attached hydrogens (primary N) is 1. The van der Waals surface area contributed by atoms with E-state index < -0.39 is 10.0 Å². The molecule has 0 bridgehead atoms. The zero-order chi connectivity index (χ0) is 14.7. The average Bonchev–Trinajstić information content (AvgIpc) is 2.70. The molecule has 1 aromatic heterocycles. The van der Waals surface area contributed by atoms with E-state index in [1.165, 1.54) is 6.20 Å². The molecule has 0 aliphatic rings. The molecular formula is C11H22N4O2S2. The van der Waals surface area contributed by atoms with Crippen LogP contribution in [-0.4, -0.2) is 35.7 Å². The maximum Gasteiger partial charge on any atom is 0.245 e. The molecule has 19 heavy (non-hydrogen) atoms. The van der Waals surface area contributed by atoms with Gasteiger partial charge in [0.2, 0.25) is 10.0 Å². The minimum absolute atomic E-state index is 0.0444. The molecule has 0 spiro atoms. The van der Waals surface area contributed by atoms with Crippen LogP contribution in [0.15, 0.2) is 11.1 Å². The molecule has 0 atom stereocenters. The van der Waals surface area contributed by atoms with Crippen LogP contribution < -0.4 is 10.5 Å². The maximum atomic E-state index is 12.2. The number of sulfonamides is 1. The van der Waals surface area contributed by atoms with Gasteiger partial charge in [0.25, 0.3) is 0 Å². The topological polar surface area (TPSA) is 90.0 Å². The van der Waals surface area contributed by atoms with Gasteiger partial charge in [-0.25, -0.2) is 13.1 Å². The van der Waals surface area contributed by atoms with E-state index in [4.69, 9.17) is 5.73 Å². The molecule has 1 rings (SSSR count). The van der Waals surface area contributed by atoms with Gasteiger partial charge in [-0.3, -0.25) is 4.68 Å². The first kappa shape index (κ1) is 16.3. The Hall–Kier alpha value is -0.730. The third-order valence-corrected chi connectivity index (χ3v) is 5.41. The minimum Gasteiger partial charge on any atom is -0.381 e. The lowest BCUT2D eigenvalue weighted by Crippen LogP contribution is -2.36. The second-order valence-electron chi connectivity index (χ2n) is 4.93. The molecule has 0 aliphatic carbocycles. The summed E-state index contributed by atoms with van der Waals surface area (Å²) in [7, 11) is -3.60. The van der Waals surface area contributed by atoms with Crippen LogP contribution >= 0.6 is 11.8 Å². The van der Waals surface area contributed by atoms with E-state index in [0.29, 0.717) is 13.1 Å². The second-order valence-corrected chi connectivity index (χ2v) is 8.18. The van der Waals surface area contributed by atoms with Crippen LogP contribution in [-0.2, 0) is 16.6 Å². The van der Waals surface area contributed by atoms with Crippen LogP contribution in [0.5, 0.6) is 0 Å². The van der Waals surface area contributed by atoms with Gasteiger partial charge in [0.1, 0.15) is 4.90 Å².